The van der Waals surface area contributed by atoms with Gasteiger partial charge in [0.05, 0.1) is 5.56 Å². The van der Waals surface area contributed by atoms with Crippen molar-refractivity contribution >= 4 is 5.78 Å². The van der Waals surface area contributed by atoms with E-state index >= 15 is 0 Å². The summed E-state index contributed by atoms with van der Waals surface area (Å²) >= 11 is 0. The molecular formula is C30H24N2O2. The van der Waals surface area contributed by atoms with E-state index in [-0.39, 0.29) is 17.1 Å². The van der Waals surface area contributed by atoms with Gasteiger partial charge in [-0.3, -0.25) is 4.79 Å². The Kier molecular flexibility index (Phi) is 5.79. The molecule has 1 heterocycles. The molecule has 4 nitrogen and oxygen atoms in total. The second kappa shape index (κ2) is 9.20. The quantitative estimate of drug-likeness (QED) is 0.304. The summed E-state index contributed by atoms with van der Waals surface area (Å²) in [5, 5.41) is 10.5. The summed E-state index contributed by atoms with van der Waals surface area (Å²) in [4.78, 5) is 19.0. The van der Waals surface area contributed by atoms with Crippen molar-refractivity contribution in [3.05, 3.63) is 132 Å². The predicted molar refractivity (Wildman–Crippen MR) is 135 cm³/mol. The van der Waals surface area contributed by atoms with Crippen LogP contribution in [0.25, 0.3) is 22.6 Å². The number of hydrogen-bond acceptors (Lipinski definition) is 3. The lowest BCUT2D eigenvalue weighted by Crippen LogP contribution is -2.13. The van der Waals surface area contributed by atoms with E-state index in [2.05, 4.69) is 6.07 Å². The molecule has 0 spiro atoms. The average Bonchev–Trinajstić information content (AvgIpc) is 3.24. The number of aryl methyl sites for hydroxylation is 1. The van der Waals surface area contributed by atoms with E-state index in [1.807, 2.05) is 90.4 Å². The van der Waals surface area contributed by atoms with Gasteiger partial charge in [-0.25, -0.2) is 4.98 Å². The van der Waals surface area contributed by atoms with E-state index in [4.69, 9.17) is 4.98 Å². The Morgan fingerprint density at radius 2 is 1.44 bits per heavy atom. The molecule has 0 saturated carbocycles. The first-order valence-corrected chi connectivity index (χ1v) is 11.2. The smallest absolute Gasteiger partial charge is 0.215 e. The maximum Gasteiger partial charge on any atom is 0.215 e. The summed E-state index contributed by atoms with van der Waals surface area (Å²) in [6.45, 7) is 2.51. The summed E-state index contributed by atoms with van der Waals surface area (Å²) in [6, 6.07) is 34.5. The highest BCUT2D eigenvalue weighted by Crippen LogP contribution is 2.33. The van der Waals surface area contributed by atoms with E-state index < -0.39 is 0 Å². The Morgan fingerprint density at radius 1 is 0.794 bits per heavy atom. The van der Waals surface area contributed by atoms with Gasteiger partial charge in [0, 0.05) is 17.7 Å². The molecule has 5 aromatic rings. The minimum atomic E-state index is -0.265. The maximum absolute atomic E-state index is 14.0. The fourth-order valence-electron chi connectivity index (χ4n) is 4.20. The third-order valence-electron chi connectivity index (χ3n) is 5.84. The average molecular weight is 445 g/mol. The topological polar surface area (TPSA) is 55.1 Å². The molecule has 4 aromatic carbocycles. The fraction of sp³-hybridized carbons (Fsp3) is 0.0667. The Hall–Kier alpha value is -4.44. The number of benzene rings is 4. The van der Waals surface area contributed by atoms with Crippen LogP contribution >= 0.6 is 0 Å². The number of imidazole rings is 1. The van der Waals surface area contributed by atoms with E-state index in [1.165, 1.54) is 6.07 Å². The molecule has 0 unspecified atom stereocenters. The van der Waals surface area contributed by atoms with Crippen molar-refractivity contribution in [1.29, 1.82) is 0 Å². The first kappa shape index (κ1) is 21.4. The first-order valence-electron chi connectivity index (χ1n) is 11.2. The highest BCUT2D eigenvalue weighted by molar-refractivity contribution is 6.13. The normalized spacial score (nSPS) is 10.9. The molecule has 4 heteroatoms. The fourth-order valence-corrected chi connectivity index (χ4v) is 4.20. The number of para-hydroxylation sites is 1. The third kappa shape index (κ3) is 4.14. The monoisotopic (exact) mass is 444 g/mol. The Labute approximate surface area is 198 Å². The van der Waals surface area contributed by atoms with E-state index in [0.29, 0.717) is 23.8 Å². The van der Waals surface area contributed by atoms with Gasteiger partial charge in [-0.1, -0.05) is 96.6 Å². The third-order valence-corrected chi connectivity index (χ3v) is 5.84. The summed E-state index contributed by atoms with van der Waals surface area (Å²) in [5.41, 5.74) is 5.26. The van der Waals surface area contributed by atoms with Crippen molar-refractivity contribution in [2.75, 3.05) is 0 Å². The highest BCUT2D eigenvalue weighted by atomic mass is 16.3. The maximum atomic E-state index is 14.0. The molecule has 0 bridgehead atoms. The lowest BCUT2D eigenvalue weighted by atomic mass is 10.0. The highest BCUT2D eigenvalue weighted by Gasteiger charge is 2.27. The molecule has 0 radical (unpaired) electrons. The Balaban J connectivity index is 1.81. The van der Waals surface area contributed by atoms with Gasteiger partial charge in [-0.15, -0.1) is 0 Å². The number of carbonyl (C=O) groups is 1. The van der Waals surface area contributed by atoms with Gasteiger partial charge in [-0.2, -0.15) is 0 Å². The lowest BCUT2D eigenvalue weighted by molar-refractivity contribution is 0.102. The van der Waals surface area contributed by atoms with Crippen molar-refractivity contribution < 1.29 is 9.90 Å². The Morgan fingerprint density at radius 3 is 2.15 bits per heavy atom. The second-order valence-electron chi connectivity index (χ2n) is 8.29. The molecule has 0 amide bonds. The largest absolute Gasteiger partial charge is 0.507 e. The molecular weight excluding hydrogens is 420 g/mol. The van der Waals surface area contributed by atoms with Gasteiger partial charge in [0.2, 0.25) is 5.78 Å². The molecule has 166 valence electrons. The van der Waals surface area contributed by atoms with Crippen LogP contribution in [0.2, 0.25) is 0 Å². The molecule has 0 fully saturated rings. The number of aromatic hydroxyl groups is 1. The summed E-state index contributed by atoms with van der Waals surface area (Å²) in [6.07, 6.45) is 0. The zero-order valence-corrected chi connectivity index (χ0v) is 18.8. The molecule has 1 N–H and O–H groups in total. The summed E-state index contributed by atoms with van der Waals surface area (Å²) < 4.78 is 1.97. The van der Waals surface area contributed by atoms with E-state index in [9.17, 15) is 9.90 Å². The van der Waals surface area contributed by atoms with Crippen LogP contribution in [0.3, 0.4) is 0 Å². The Bertz CT molecular complexity index is 1450. The van der Waals surface area contributed by atoms with Crippen LogP contribution in [0.4, 0.5) is 0 Å². The van der Waals surface area contributed by atoms with Gasteiger partial charge >= 0.3 is 0 Å². The van der Waals surface area contributed by atoms with Crippen molar-refractivity contribution in [2.24, 2.45) is 0 Å². The van der Waals surface area contributed by atoms with Gasteiger partial charge in [0.1, 0.15) is 23.0 Å². The SMILES string of the molecule is Cc1cccc(-c2nc(-c3ccccc3)c(C(=O)c3ccccc3O)n2Cc2ccccc2)c1. The van der Waals surface area contributed by atoms with E-state index in [0.717, 1.165) is 22.3 Å². The molecule has 1 aromatic heterocycles. The van der Waals surface area contributed by atoms with Crippen LogP contribution in [-0.2, 0) is 6.54 Å². The van der Waals surface area contributed by atoms with Crippen LogP contribution in [0.5, 0.6) is 5.75 Å². The predicted octanol–water partition coefficient (Wildman–Crippen LogP) is 6.51. The zero-order chi connectivity index (χ0) is 23.5. The van der Waals surface area contributed by atoms with Gasteiger partial charge in [0.25, 0.3) is 0 Å². The minimum Gasteiger partial charge on any atom is -0.507 e. The number of phenols is 1. The molecule has 0 aliphatic heterocycles. The first-order chi connectivity index (χ1) is 16.6. The van der Waals surface area contributed by atoms with Crippen LogP contribution < -0.4 is 0 Å². The number of hydrogen-bond donors (Lipinski definition) is 1. The number of ketones is 1. The number of phenolic OH excluding ortho intramolecular Hbond substituents is 1. The van der Waals surface area contributed by atoms with Crippen molar-refractivity contribution in [3.63, 3.8) is 0 Å². The second-order valence-corrected chi connectivity index (χ2v) is 8.29. The molecule has 0 aliphatic carbocycles. The molecule has 0 saturated heterocycles. The number of nitrogens with zero attached hydrogens (tertiary/aromatic N) is 2. The van der Waals surface area contributed by atoms with Crippen LogP contribution in [0, 0.1) is 6.92 Å². The molecule has 5 rings (SSSR count). The van der Waals surface area contributed by atoms with Gasteiger partial charge in [-0.05, 0) is 30.7 Å². The van der Waals surface area contributed by atoms with Crippen LogP contribution in [0.1, 0.15) is 27.2 Å². The summed E-state index contributed by atoms with van der Waals surface area (Å²) in [5.74, 6) is 0.403. The van der Waals surface area contributed by atoms with Gasteiger partial charge in [0.15, 0.2) is 0 Å². The minimum absolute atomic E-state index is 0.0453. The van der Waals surface area contributed by atoms with Crippen molar-refractivity contribution in [3.8, 4) is 28.4 Å². The zero-order valence-electron chi connectivity index (χ0n) is 18.8. The van der Waals surface area contributed by atoms with E-state index in [1.54, 1.807) is 18.2 Å². The van der Waals surface area contributed by atoms with Crippen molar-refractivity contribution in [2.45, 2.75) is 13.5 Å². The molecule has 0 atom stereocenters. The number of rotatable bonds is 6. The molecule has 0 aliphatic rings. The van der Waals surface area contributed by atoms with Crippen molar-refractivity contribution in [1.82, 2.24) is 9.55 Å². The standard InChI is InChI=1S/C30H24N2O2/c1-21-11-10-16-24(19-21)30-31-27(23-14-6-3-7-15-23)28(29(34)25-17-8-9-18-26(25)33)32(30)20-22-12-4-2-5-13-22/h2-19,33H,20H2,1H3. The summed E-state index contributed by atoms with van der Waals surface area (Å²) in [7, 11) is 0. The van der Waals surface area contributed by atoms with Crippen LogP contribution in [0.15, 0.2) is 109 Å². The lowest BCUT2D eigenvalue weighted by Gasteiger charge is -2.14. The number of carbonyl (C=O) groups excluding carboxylic acids is 1. The van der Waals surface area contributed by atoms with Crippen LogP contribution in [-0.4, -0.2) is 20.4 Å². The molecule has 34 heavy (non-hydrogen) atoms. The van der Waals surface area contributed by atoms with Gasteiger partial charge < -0.3 is 9.67 Å². The number of aromatic nitrogens is 2.